The van der Waals surface area contributed by atoms with Gasteiger partial charge in [0.1, 0.15) is 0 Å². The first kappa shape index (κ1) is 20.1. The summed E-state index contributed by atoms with van der Waals surface area (Å²) in [7, 11) is 0. The molecule has 142 valence electrons. The number of rotatable bonds is 9. The Kier molecular flexibility index (Phi) is 7.33. The maximum absolute atomic E-state index is 12.3. The first-order valence-electron chi connectivity index (χ1n) is 9.10. The summed E-state index contributed by atoms with van der Waals surface area (Å²) in [5.41, 5.74) is 1.12. The second-order valence-electron chi connectivity index (χ2n) is 6.93. The fourth-order valence-electron chi connectivity index (χ4n) is 2.65. The van der Waals surface area contributed by atoms with Crippen molar-refractivity contribution in [2.24, 2.45) is 5.92 Å². The van der Waals surface area contributed by atoms with Gasteiger partial charge in [-0.15, -0.1) is 0 Å². The number of nitrogens with zero attached hydrogens (tertiary/aromatic N) is 1. The molecule has 0 aliphatic carbocycles. The molecule has 6 heteroatoms. The molecule has 1 aliphatic rings. The number of anilines is 1. The minimum Gasteiger partial charge on any atom is -0.455 e. The van der Waals surface area contributed by atoms with E-state index in [1.165, 1.54) is 0 Å². The van der Waals surface area contributed by atoms with Crippen molar-refractivity contribution in [2.75, 3.05) is 24.7 Å². The summed E-state index contributed by atoms with van der Waals surface area (Å²) in [4.78, 5) is 37.7. The van der Waals surface area contributed by atoms with Gasteiger partial charge in [0.05, 0.1) is 0 Å². The lowest BCUT2D eigenvalue weighted by Gasteiger charge is -2.16. The van der Waals surface area contributed by atoms with Gasteiger partial charge in [0.15, 0.2) is 18.5 Å². The number of carbonyl (C=O) groups is 3. The van der Waals surface area contributed by atoms with E-state index in [1.807, 2.05) is 0 Å². The third-order valence-electron chi connectivity index (χ3n) is 4.29. The van der Waals surface area contributed by atoms with Crippen molar-refractivity contribution in [3.05, 3.63) is 29.8 Å². The molecule has 0 bridgehead atoms. The van der Waals surface area contributed by atoms with Gasteiger partial charge >= 0.3 is 5.97 Å². The Morgan fingerprint density at radius 1 is 1.23 bits per heavy atom. The average Bonchev–Trinajstić information content (AvgIpc) is 3.05. The zero-order valence-corrected chi connectivity index (χ0v) is 15.7. The van der Waals surface area contributed by atoms with E-state index < -0.39 is 12.1 Å². The van der Waals surface area contributed by atoms with Crippen LogP contribution in [-0.4, -0.2) is 43.5 Å². The lowest BCUT2D eigenvalue weighted by Crippen LogP contribution is -2.27. The first-order valence-corrected chi connectivity index (χ1v) is 9.10. The molecule has 1 aromatic carbocycles. The number of carbonyl (C=O) groups excluding carboxylic acids is 3. The van der Waals surface area contributed by atoms with Crippen LogP contribution in [0, 0.1) is 5.92 Å². The normalized spacial score (nSPS) is 15.4. The molecule has 0 N–H and O–H groups in total. The van der Waals surface area contributed by atoms with Crippen molar-refractivity contribution in [3.8, 4) is 0 Å². The smallest absolute Gasteiger partial charge is 0.335 e. The minimum absolute atomic E-state index is 0.0633. The Morgan fingerprint density at radius 2 is 2.00 bits per heavy atom. The summed E-state index contributed by atoms with van der Waals surface area (Å²) in [6.07, 6.45) is 1.52. The van der Waals surface area contributed by atoms with Crippen LogP contribution in [0.1, 0.15) is 50.4 Å². The summed E-state index contributed by atoms with van der Waals surface area (Å²) in [6, 6.07) is 6.86. The van der Waals surface area contributed by atoms with Gasteiger partial charge in [-0.25, -0.2) is 4.79 Å². The summed E-state index contributed by atoms with van der Waals surface area (Å²) in [6.45, 7) is 6.58. The zero-order chi connectivity index (χ0) is 19.1. The topological polar surface area (TPSA) is 72.9 Å². The highest BCUT2D eigenvalue weighted by molar-refractivity contribution is 6.01. The Labute approximate surface area is 154 Å². The van der Waals surface area contributed by atoms with Crippen LogP contribution in [0.2, 0.25) is 0 Å². The number of esters is 1. The first-order chi connectivity index (χ1) is 12.4. The van der Waals surface area contributed by atoms with Crippen molar-refractivity contribution in [1.82, 2.24) is 0 Å². The second kappa shape index (κ2) is 9.48. The highest BCUT2D eigenvalue weighted by atomic mass is 16.6. The van der Waals surface area contributed by atoms with E-state index in [4.69, 9.17) is 9.47 Å². The predicted molar refractivity (Wildman–Crippen MR) is 98.2 cm³/mol. The van der Waals surface area contributed by atoms with Gasteiger partial charge in [0, 0.05) is 30.8 Å². The highest BCUT2D eigenvalue weighted by Gasteiger charge is 2.23. The molecule has 1 atom stereocenters. The third-order valence-corrected chi connectivity index (χ3v) is 4.29. The Morgan fingerprint density at radius 3 is 2.65 bits per heavy atom. The molecule has 1 heterocycles. The largest absolute Gasteiger partial charge is 0.455 e. The lowest BCUT2D eigenvalue weighted by atomic mass is 10.1. The number of hydrogen-bond acceptors (Lipinski definition) is 5. The molecule has 1 aromatic rings. The molecule has 6 nitrogen and oxygen atoms in total. The van der Waals surface area contributed by atoms with Crippen molar-refractivity contribution in [3.63, 3.8) is 0 Å². The Hall–Kier alpha value is -2.21. The molecule has 26 heavy (non-hydrogen) atoms. The molecule has 2 rings (SSSR count). The van der Waals surface area contributed by atoms with Crippen LogP contribution in [0.15, 0.2) is 24.3 Å². The SMILES string of the molecule is CC(C)CCOC(C)C(=O)OCC(=O)c1cccc(N2CCCC2=O)c1. The standard InChI is InChI=1S/C20H27NO5/c1-14(2)9-11-25-15(3)20(24)26-13-18(22)16-6-4-7-17(12-16)21-10-5-8-19(21)23/h4,6-7,12,14-15H,5,8-11,13H2,1-3H3. The van der Waals surface area contributed by atoms with Crippen molar-refractivity contribution in [1.29, 1.82) is 0 Å². The molecule has 1 aliphatic heterocycles. The minimum atomic E-state index is -0.699. The van der Waals surface area contributed by atoms with Gasteiger partial charge in [0.2, 0.25) is 5.91 Å². The number of amides is 1. The van der Waals surface area contributed by atoms with Crippen molar-refractivity contribution < 1.29 is 23.9 Å². The fraction of sp³-hybridized carbons (Fsp3) is 0.550. The van der Waals surface area contributed by atoms with E-state index >= 15 is 0 Å². The van der Waals surface area contributed by atoms with E-state index in [-0.39, 0.29) is 18.3 Å². The summed E-state index contributed by atoms with van der Waals surface area (Å²) < 4.78 is 10.5. The van der Waals surface area contributed by atoms with Gasteiger partial charge in [-0.05, 0) is 37.8 Å². The number of Topliss-reactive ketones (excluding diaryl/α,β-unsaturated/α-hetero) is 1. The number of hydrogen-bond donors (Lipinski definition) is 0. The molecule has 1 fully saturated rings. The van der Waals surface area contributed by atoms with Crippen LogP contribution in [0.4, 0.5) is 5.69 Å². The van der Waals surface area contributed by atoms with Crippen LogP contribution < -0.4 is 4.90 Å². The molecule has 1 unspecified atom stereocenters. The quantitative estimate of drug-likeness (QED) is 0.499. The summed E-state index contributed by atoms with van der Waals surface area (Å²) in [5, 5.41) is 0. The Bertz CT molecular complexity index is 655. The molecule has 0 aromatic heterocycles. The fourth-order valence-corrected chi connectivity index (χ4v) is 2.65. The third kappa shape index (κ3) is 5.66. The van der Waals surface area contributed by atoms with Crippen LogP contribution in [0.25, 0.3) is 0 Å². The number of benzene rings is 1. The van der Waals surface area contributed by atoms with Crippen LogP contribution in [0.3, 0.4) is 0 Å². The molecule has 1 saturated heterocycles. The van der Waals surface area contributed by atoms with Gasteiger partial charge in [0.25, 0.3) is 0 Å². The zero-order valence-electron chi connectivity index (χ0n) is 15.7. The van der Waals surface area contributed by atoms with Crippen molar-refractivity contribution in [2.45, 2.75) is 46.1 Å². The van der Waals surface area contributed by atoms with E-state index in [1.54, 1.807) is 36.1 Å². The van der Waals surface area contributed by atoms with Crippen LogP contribution >= 0.6 is 0 Å². The molecular weight excluding hydrogens is 334 g/mol. The second-order valence-corrected chi connectivity index (χ2v) is 6.93. The molecule has 1 amide bonds. The van der Waals surface area contributed by atoms with E-state index in [0.717, 1.165) is 12.8 Å². The maximum Gasteiger partial charge on any atom is 0.335 e. The summed E-state index contributed by atoms with van der Waals surface area (Å²) in [5.74, 6) is -0.294. The maximum atomic E-state index is 12.3. The molecular formula is C20H27NO5. The lowest BCUT2D eigenvalue weighted by molar-refractivity contribution is -0.155. The Balaban J connectivity index is 1.85. The van der Waals surface area contributed by atoms with Gasteiger partial charge < -0.3 is 14.4 Å². The van der Waals surface area contributed by atoms with Gasteiger partial charge in [-0.1, -0.05) is 26.0 Å². The van der Waals surface area contributed by atoms with Gasteiger partial charge in [-0.2, -0.15) is 0 Å². The van der Waals surface area contributed by atoms with Crippen molar-refractivity contribution >= 4 is 23.3 Å². The molecule has 0 saturated carbocycles. The number of ketones is 1. The van der Waals surface area contributed by atoms with Gasteiger partial charge in [-0.3, -0.25) is 9.59 Å². The predicted octanol–water partition coefficient (Wildman–Crippen LogP) is 2.99. The monoisotopic (exact) mass is 361 g/mol. The highest BCUT2D eigenvalue weighted by Crippen LogP contribution is 2.22. The van der Waals surface area contributed by atoms with Crippen LogP contribution in [0.5, 0.6) is 0 Å². The molecule has 0 spiro atoms. The summed E-state index contributed by atoms with van der Waals surface area (Å²) >= 11 is 0. The van der Waals surface area contributed by atoms with Crippen LogP contribution in [-0.2, 0) is 19.1 Å². The van der Waals surface area contributed by atoms with E-state index in [0.29, 0.717) is 36.7 Å². The molecule has 0 radical (unpaired) electrons. The van der Waals surface area contributed by atoms with E-state index in [2.05, 4.69) is 13.8 Å². The average molecular weight is 361 g/mol. The number of ether oxygens (including phenoxy) is 2. The van der Waals surface area contributed by atoms with E-state index in [9.17, 15) is 14.4 Å².